The number of halogens is 1. The number of aryl methyl sites for hydroxylation is 2. The first kappa shape index (κ1) is 25.5. The molecular weight excluding hydrogens is 492 g/mol. The monoisotopic (exact) mass is 518 g/mol. The molecule has 0 aliphatic carbocycles. The largest absolute Gasteiger partial charge is 0.344 e. The molecule has 0 saturated heterocycles. The number of anilines is 1. The number of sulfonamides is 1. The van der Waals surface area contributed by atoms with Gasteiger partial charge in [-0.3, -0.25) is 9.10 Å². The Morgan fingerprint density at radius 2 is 1.53 bits per heavy atom. The number of amides is 1. The number of benzene rings is 4. The molecule has 1 N–H and O–H groups in total. The first-order chi connectivity index (χ1) is 17.3. The van der Waals surface area contributed by atoms with Crippen LogP contribution >= 0.6 is 11.6 Å². The van der Waals surface area contributed by atoms with Gasteiger partial charge in [0.15, 0.2) is 0 Å². The van der Waals surface area contributed by atoms with Crippen LogP contribution in [0.4, 0.5) is 5.69 Å². The molecule has 0 radical (unpaired) electrons. The van der Waals surface area contributed by atoms with Crippen molar-refractivity contribution in [1.29, 1.82) is 0 Å². The normalized spacial score (nSPS) is 12.1. The molecule has 5 nitrogen and oxygen atoms in total. The van der Waals surface area contributed by atoms with Crippen molar-refractivity contribution >= 4 is 33.2 Å². The number of nitrogens with zero attached hydrogens (tertiary/aromatic N) is 1. The summed E-state index contributed by atoms with van der Waals surface area (Å²) in [7, 11) is -4.04. The van der Waals surface area contributed by atoms with Crippen molar-refractivity contribution in [2.75, 3.05) is 10.8 Å². The van der Waals surface area contributed by atoms with Gasteiger partial charge in [-0.05, 0) is 72.5 Å². The smallest absolute Gasteiger partial charge is 0.264 e. The standard InChI is InChI=1S/C29H27ClN2O3S/c1-21-9-8-13-25(19-21)32(36(34,35)26-17-15-24(30)16-18-26)20-28(33)31-29(23-11-4-3-5-12-23)27-14-7-6-10-22(27)2/h3-19,29H,20H2,1-2H3,(H,31,33)/t29-/m0/s1. The number of nitrogens with one attached hydrogen (secondary N) is 1. The summed E-state index contributed by atoms with van der Waals surface area (Å²) in [5.41, 5.74) is 4.16. The van der Waals surface area contributed by atoms with Gasteiger partial charge in [-0.1, -0.05) is 78.3 Å². The predicted molar refractivity (Wildman–Crippen MR) is 145 cm³/mol. The van der Waals surface area contributed by atoms with Gasteiger partial charge < -0.3 is 5.32 Å². The Kier molecular flexibility index (Phi) is 7.77. The summed E-state index contributed by atoms with van der Waals surface area (Å²) in [4.78, 5) is 13.5. The summed E-state index contributed by atoms with van der Waals surface area (Å²) in [6.07, 6.45) is 0. The lowest BCUT2D eigenvalue weighted by molar-refractivity contribution is -0.120. The van der Waals surface area contributed by atoms with Crippen LogP contribution in [0, 0.1) is 13.8 Å². The molecule has 36 heavy (non-hydrogen) atoms. The average molecular weight is 519 g/mol. The maximum Gasteiger partial charge on any atom is 0.264 e. The number of hydrogen-bond acceptors (Lipinski definition) is 3. The lowest BCUT2D eigenvalue weighted by atomic mass is 9.95. The van der Waals surface area contributed by atoms with Gasteiger partial charge in [-0.2, -0.15) is 0 Å². The Hall–Kier alpha value is -3.61. The fourth-order valence-electron chi connectivity index (χ4n) is 4.07. The van der Waals surface area contributed by atoms with Crippen LogP contribution in [0.25, 0.3) is 0 Å². The van der Waals surface area contributed by atoms with Crippen LogP contribution in [0.3, 0.4) is 0 Å². The number of carbonyl (C=O) groups is 1. The zero-order chi connectivity index (χ0) is 25.7. The van der Waals surface area contributed by atoms with Gasteiger partial charge in [0.2, 0.25) is 5.91 Å². The molecule has 0 saturated carbocycles. The SMILES string of the molecule is Cc1cccc(N(CC(=O)N[C@@H](c2ccccc2)c2ccccc2C)S(=O)(=O)c2ccc(Cl)cc2)c1. The van der Waals surface area contributed by atoms with Crippen molar-refractivity contribution in [2.24, 2.45) is 0 Å². The first-order valence-corrected chi connectivity index (χ1v) is 13.3. The minimum Gasteiger partial charge on any atom is -0.344 e. The molecule has 4 aromatic rings. The van der Waals surface area contributed by atoms with E-state index in [-0.39, 0.29) is 11.4 Å². The summed E-state index contributed by atoms with van der Waals surface area (Å²) in [5.74, 6) is -0.425. The second kappa shape index (κ2) is 11.0. The van der Waals surface area contributed by atoms with Gasteiger partial charge in [0.25, 0.3) is 10.0 Å². The third-order valence-electron chi connectivity index (χ3n) is 5.92. The highest BCUT2D eigenvalue weighted by molar-refractivity contribution is 7.92. The second-order valence-electron chi connectivity index (χ2n) is 8.57. The molecule has 0 fully saturated rings. The van der Waals surface area contributed by atoms with Crippen LogP contribution in [0.5, 0.6) is 0 Å². The number of rotatable bonds is 8. The predicted octanol–water partition coefficient (Wildman–Crippen LogP) is 6.06. The van der Waals surface area contributed by atoms with E-state index in [1.165, 1.54) is 24.3 Å². The molecule has 7 heteroatoms. The van der Waals surface area contributed by atoms with E-state index in [0.717, 1.165) is 26.6 Å². The molecule has 4 rings (SSSR count). The second-order valence-corrected chi connectivity index (χ2v) is 10.9. The van der Waals surface area contributed by atoms with Crippen molar-refractivity contribution in [3.63, 3.8) is 0 Å². The van der Waals surface area contributed by atoms with Gasteiger partial charge in [-0.25, -0.2) is 8.42 Å². The highest BCUT2D eigenvalue weighted by Crippen LogP contribution is 2.27. The van der Waals surface area contributed by atoms with Gasteiger partial charge >= 0.3 is 0 Å². The van der Waals surface area contributed by atoms with Crippen LogP contribution in [-0.2, 0) is 14.8 Å². The molecular formula is C29H27ClN2O3S. The van der Waals surface area contributed by atoms with Crippen LogP contribution < -0.4 is 9.62 Å². The topological polar surface area (TPSA) is 66.5 Å². The summed E-state index contributed by atoms with van der Waals surface area (Å²) in [6, 6.07) is 30.0. The van der Waals surface area contributed by atoms with Gasteiger partial charge in [-0.15, -0.1) is 0 Å². The zero-order valence-electron chi connectivity index (χ0n) is 20.1. The first-order valence-electron chi connectivity index (χ1n) is 11.5. The summed E-state index contributed by atoms with van der Waals surface area (Å²) >= 11 is 5.98. The molecule has 184 valence electrons. The van der Waals surface area contributed by atoms with Crippen molar-refractivity contribution < 1.29 is 13.2 Å². The average Bonchev–Trinajstić information content (AvgIpc) is 2.87. The van der Waals surface area contributed by atoms with Crippen molar-refractivity contribution in [2.45, 2.75) is 24.8 Å². The lowest BCUT2D eigenvalue weighted by Crippen LogP contribution is -2.42. The van der Waals surface area contributed by atoms with Crippen LogP contribution in [0.2, 0.25) is 5.02 Å². The highest BCUT2D eigenvalue weighted by Gasteiger charge is 2.29. The molecule has 0 aliphatic rings. The quantitative estimate of drug-likeness (QED) is 0.308. The number of carbonyl (C=O) groups excluding carboxylic acids is 1. The van der Waals surface area contributed by atoms with E-state index >= 15 is 0 Å². The van der Waals surface area contributed by atoms with Crippen LogP contribution in [0.1, 0.15) is 28.3 Å². The molecule has 0 aliphatic heterocycles. The highest BCUT2D eigenvalue weighted by atomic mass is 35.5. The van der Waals surface area contributed by atoms with E-state index in [0.29, 0.717) is 10.7 Å². The fraction of sp³-hybridized carbons (Fsp3) is 0.138. The Bertz CT molecular complexity index is 1460. The third-order valence-corrected chi connectivity index (χ3v) is 7.96. The van der Waals surface area contributed by atoms with Crippen LogP contribution in [0.15, 0.2) is 108 Å². The zero-order valence-corrected chi connectivity index (χ0v) is 21.6. The van der Waals surface area contributed by atoms with Crippen molar-refractivity contribution in [1.82, 2.24) is 5.32 Å². The number of hydrogen-bond donors (Lipinski definition) is 1. The van der Waals surface area contributed by atoms with E-state index in [1.807, 2.05) is 74.5 Å². The van der Waals surface area contributed by atoms with E-state index in [4.69, 9.17) is 11.6 Å². The van der Waals surface area contributed by atoms with E-state index < -0.39 is 22.0 Å². The minimum absolute atomic E-state index is 0.0553. The van der Waals surface area contributed by atoms with Gasteiger partial charge in [0, 0.05) is 5.02 Å². The van der Waals surface area contributed by atoms with Gasteiger partial charge in [0.1, 0.15) is 6.54 Å². The van der Waals surface area contributed by atoms with Crippen molar-refractivity contribution in [3.8, 4) is 0 Å². The van der Waals surface area contributed by atoms with Gasteiger partial charge in [0.05, 0.1) is 16.6 Å². The lowest BCUT2D eigenvalue weighted by Gasteiger charge is -2.27. The Morgan fingerprint density at radius 3 is 2.19 bits per heavy atom. The fourth-order valence-corrected chi connectivity index (χ4v) is 5.60. The molecule has 4 aromatic carbocycles. The maximum atomic E-state index is 13.7. The molecule has 0 heterocycles. The summed E-state index contributed by atoms with van der Waals surface area (Å²) in [6.45, 7) is 3.48. The minimum atomic E-state index is -4.04. The van der Waals surface area contributed by atoms with Crippen molar-refractivity contribution in [3.05, 3.63) is 130 Å². The Balaban J connectivity index is 1.70. The third kappa shape index (κ3) is 5.78. The summed E-state index contributed by atoms with van der Waals surface area (Å²) < 4.78 is 28.5. The molecule has 0 aromatic heterocycles. The summed E-state index contributed by atoms with van der Waals surface area (Å²) in [5, 5.41) is 3.50. The molecule has 0 spiro atoms. The van der Waals surface area contributed by atoms with E-state index in [2.05, 4.69) is 5.32 Å². The molecule has 0 unspecified atom stereocenters. The Morgan fingerprint density at radius 1 is 0.861 bits per heavy atom. The maximum absolute atomic E-state index is 13.7. The molecule has 1 atom stereocenters. The van der Waals surface area contributed by atoms with Crippen LogP contribution in [-0.4, -0.2) is 20.9 Å². The van der Waals surface area contributed by atoms with E-state index in [9.17, 15) is 13.2 Å². The van der Waals surface area contributed by atoms with E-state index in [1.54, 1.807) is 18.2 Å². The molecule has 0 bridgehead atoms. The Labute approximate surface area is 217 Å². The molecule has 1 amide bonds.